The van der Waals surface area contributed by atoms with Gasteiger partial charge < -0.3 is 24.4 Å². The number of likely N-dealkylation sites (N-methyl/N-ethyl adjacent to an activating group) is 1. The van der Waals surface area contributed by atoms with Gasteiger partial charge in [0.2, 0.25) is 6.79 Å². The number of ether oxygens (including phenoxy) is 3. The number of carbonyl (C=O) groups is 2. The van der Waals surface area contributed by atoms with Crippen LogP contribution < -0.4 is 24.4 Å². The van der Waals surface area contributed by atoms with Crippen LogP contribution in [0.15, 0.2) is 36.4 Å². The highest BCUT2D eigenvalue weighted by Crippen LogP contribution is 2.35. The molecule has 1 N–H and O–H groups in total. The molecule has 0 bridgehead atoms. The molecule has 2 aliphatic rings. The Bertz CT molecular complexity index is 865. The molecule has 0 spiro atoms. The summed E-state index contributed by atoms with van der Waals surface area (Å²) in [6, 6.07) is 10.7. The van der Waals surface area contributed by atoms with Crippen molar-refractivity contribution < 1.29 is 23.8 Å². The van der Waals surface area contributed by atoms with Gasteiger partial charge in [0, 0.05) is 13.6 Å². The van der Waals surface area contributed by atoms with Gasteiger partial charge in [-0.1, -0.05) is 12.1 Å². The number of benzene rings is 2. The second kappa shape index (κ2) is 6.01. The number of carbonyl (C=O) groups excluding carboxylic acids is 2. The largest absolute Gasteiger partial charge is 0.481 e. The Hall–Kier alpha value is -3.22. The van der Waals surface area contributed by atoms with Crippen molar-refractivity contribution in [1.82, 2.24) is 5.32 Å². The zero-order valence-corrected chi connectivity index (χ0v) is 13.6. The van der Waals surface area contributed by atoms with Gasteiger partial charge in [-0.15, -0.1) is 0 Å². The van der Waals surface area contributed by atoms with Gasteiger partial charge in [0.15, 0.2) is 23.9 Å². The van der Waals surface area contributed by atoms with Crippen LogP contribution in [0.25, 0.3) is 0 Å². The molecule has 0 unspecified atom stereocenters. The number of hydrogen-bond donors (Lipinski definition) is 1. The smallest absolute Gasteiger partial charge is 0.264 e. The molecule has 7 heteroatoms. The fourth-order valence-electron chi connectivity index (χ4n) is 2.81. The SMILES string of the molecule is CN1C(=O)COc2c(C(=O)NCc3ccc4c(c3)OCO4)cccc21. The first-order valence-electron chi connectivity index (χ1n) is 7.82. The highest BCUT2D eigenvalue weighted by atomic mass is 16.7. The molecule has 0 fully saturated rings. The van der Waals surface area contributed by atoms with Crippen molar-refractivity contribution in [1.29, 1.82) is 0 Å². The van der Waals surface area contributed by atoms with E-state index in [-0.39, 0.29) is 25.2 Å². The minimum atomic E-state index is -0.266. The number of fused-ring (bicyclic) bond motifs is 2. The number of amides is 2. The van der Waals surface area contributed by atoms with Crippen LogP contribution in [0.3, 0.4) is 0 Å². The van der Waals surface area contributed by atoms with Crippen molar-refractivity contribution in [3.05, 3.63) is 47.5 Å². The molecule has 2 aromatic carbocycles. The van der Waals surface area contributed by atoms with Gasteiger partial charge in [-0.05, 0) is 29.8 Å². The van der Waals surface area contributed by atoms with Gasteiger partial charge in [0.25, 0.3) is 11.8 Å². The van der Waals surface area contributed by atoms with Crippen LogP contribution in [-0.2, 0) is 11.3 Å². The summed E-state index contributed by atoms with van der Waals surface area (Å²) in [6.07, 6.45) is 0. The summed E-state index contributed by atoms with van der Waals surface area (Å²) in [4.78, 5) is 25.8. The van der Waals surface area contributed by atoms with E-state index in [4.69, 9.17) is 14.2 Å². The van der Waals surface area contributed by atoms with Crippen LogP contribution in [-0.4, -0.2) is 32.3 Å². The predicted octanol–water partition coefficient (Wildman–Crippen LogP) is 1.70. The van der Waals surface area contributed by atoms with E-state index >= 15 is 0 Å². The Morgan fingerprint density at radius 3 is 2.88 bits per heavy atom. The maximum Gasteiger partial charge on any atom is 0.264 e. The van der Waals surface area contributed by atoms with Gasteiger partial charge in [0.05, 0.1) is 11.3 Å². The van der Waals surface area contributed by atoms with E-state index in [0.29, 0.717) is 35.0 Å². The van der Waals surface area contributed by atoms with Gasteiger partial charge in [-0.25, -0.2) is 0 Å². The van der Waals surface area contributed by atoms with Gasteiger partial charge in [-0.2, -0.15) is 0 Å². The standard InChI is InChI=1S/C18H16N2O5/c1-20-13-4-2-3-12(17(13)23-9-16(20)21)18(22)19-8-11-5-6-14-15(7-11)25-10-24-14/h2-7H,8-10H2,1H3,(H,19,22). The molecule has 2 heterocycles. The Morgan fingerprint density at radius 2 is 2.00 bits per heavy atom. The van der Waals surface area contributed by atoms with E-state index < -0.39 is 0 Å². The number of para-hydroxylation sites is 1. The summed E-state index contributed by atoms with van der Waals surface area (Å²) in [5.41, 5.74) is 1.89. The average molecular weight is 340 g/mol. The molecule has 0 aliphatic carbocycles. The number of rotatable bonds is 3. The van der Waals surface area contributed by atoms with E-state index in [1.807, 2.05) is 18.2 Å². The lowest BCUT2D eigenvalue weighted by atomic mass is 10.1. The molecule has 0 atom stereocenters. The summed E-state index contributed by atoms with van der Waals surface area (Å²) < 4.78 is 16.1. The van der Waals surface area contributed by atoms with Crippen molar-refractivity contribution in [2.75, 3.05) is 25.3 Å². The Labute approximate surface area is 144 Å². The molecule has 0 aromatic heterocycles. The summed E-state index contributed by atoms with van der Waals surface area (Å²) in [5, 5.41) is 2.86. The monoisotopic (exact) mass is 340 g/mol. The lowest BCUT2D eigenvalue weighted by Gasteiger charge is -2.27. The second-order valence-electron chi connectivity index (χ2n) is 5.77. The Balaban J connectivity index is 1.51. The number of nitrogens with one attached hydrogen (secondary N) is 1. The number of hydrogen-bond acceptors (Lipinski definition) is 5. The summed E-state index contributed by atoms with van der Waals surface area (Å²) in [5.74, 6) is 1.39. The van der Waals surface area contributed by atoms with Crippen molar-refractivity contribution in [3.8, 4) is 17.2 Å². The van der Waals surface area contributed by atoms with Crippen molar-refractivity contribution in [2.45, 2.75) is 6.54 Å². The average Bonchev–Trinajstić information content (AvgIpc) is 3.10. The highest BCUT2D eigenvalue weighted by Gasteiger charge is 2.26. The summed E-state index contributed by atoms with van der Waals surface area (Å²) >= 11 is 0. The zero-order valence-electron chi connectivity index (χ0n) is 13.6. The van der Waals surface area contributed by atoms with Crippen molar-refractivity contribution >= 4 is 17.5 Å². The fraction of sp³-hybridized carbons (Fsp3) is 0.222. The first kappa shape index (κ1) is 15.3. The number of nitrogens with zero attached hydrogens (tertiary/aromatic N) is 1. The molecule has 4 rings (SSSR count). The molecule has 0 saturated carbocycles. The van der Waals surface area contributed by atoms with Crippen LogP contribution >= 0.6 is 0 Å². The highest BCUT2D eigenvalue weighted by molar-refractivity contribution is 6.03. The molecule has 25 heavy (non-hydrogen) atoms. The van der Waals surface area contributed by atoms with Crippen LogP contribution in [0.4, 0.5) is 5.69 Å². The molecular formula is C18H16N2O5. The maximum absolute atomic E-state index is 12.6. The lowest BCUT2D eigenvalue weighted by molar-refractivity contribution is -0.121. The number of anilines is 1. The van der Waals surface area contributed by atoms with E-state index in [9.17, 15) is 9.59 Å². The van der Waals surface area contributed by atoms with Crippen LogP contribution in [0.5, 0.6) is 17.2 Å². The van der Waals surface area contributed by atoms with Crippen LogP contribution in [0.2, 0.25) is 0 Å². The van der Waals surface area contributed by atoms with E-state index in [1.54, 1.807) is 25.2 Å². The maximum atomic E-state index is 12.6. The molecule has 7 nitrogen and oxygen atoms in total. The molecule has 0 radical (unpaired) electrons. The molecule has 2 aliphatic heterocycles. The Kier molecular flexibility index (Phi) is 3.68. The Morgan fingerprint density at radius 1 is 1.16 bits per heavy atom. The third-order valence-electron chi connectivity index (χ3n) is 4.20. The molecular weight excluding hydrogens is 324 g/mol. The lowest BCUT2D eigenvalue weighted by Crippen LogP contribution is -2.36. The normalized spacial score (nSPS) is 14.8. The van der Waals surface area contributed by atoms with E-state index in [2.05, 4.69) is 5.32 Å². The van der Waals surface area contributed by atoms with Gasteiger partial charge in [-0.3, -0.25) is 9.59 Å². The quantitative estimate of drug-likeness (QED) is 0.920. The molecule has 0 saturated heterocycles. The van der Waals surface area contributed by atoms with E-state index in [0.717, 1.165) is 5.56 Å². The van der Waals surface area contributed by atoms with Crippen molar-refractivity contribution in [3.63, 3.8) is 0 Å². The minimum absolute atomic E-state index is 0.0735. The second-order valence-corrected chi connectivity index (χ2v) is 5.77. The van der Waals surface area contributed by atoms with Gasteiger partial charge >= 0.3 is 0 Å². The summed E-state index contributed by atoms with van der Waals surface area (Å²) in [7, 11) is 1.66. The minimum Gasteiger partial charge on any atom is -0.481 e. The summed E-state index contributed by atoms with van der Waals surface area (Å²) in [6.45, 7) is 0.481. The molecule has 2 aromatic rings. The molecule has 128 valence electrons. The van der Waals surface area contributed by atoms with Gasteiger partial charge in [0.1, 0.15) is 0 Å². The third kappa shape index (κ3) is 2.73. The predicted molar refractivity (Wildman–Crippen MR) is 89.1 cm³/mol. The van der Waals surface area contributed by atoms with E-state index in [1.165, 1.54) is 4.90 Å². The van der Waals surface area contributed by atoms with Crippen LogP contribution in [0.1, 0.15) is 15.9 Å². The zero-order chi connectivity index (χ0) is 17.4. The first-order chi connectivity index (χ1) is 12.1. The van der Waals surface area contributed by atoms with Crippen molar-refractivity contribution in [2.24, 2.45) is 0 Å². The molecule has 2 amide bonds. The first-order valence-corrected chi connectivity index (χ1v) is 7.82. The topological polar surface area (TPSA) is 77.1 Å². The van der Waals surface area contributed by atoms with Crippen LogP contribution in [0, 0.1) is 0 Å². The third-order valence-corrected chi connectivity index (χ3v) is 4.20. The fourth-order valence-corrected chi connectivity index (χ4v) is 2.81.